The standard InChI is InChI=1S/C14H20FNO4/c1-9(17)11-4-5-13(12(15)8-11)20-10(2)14(18)16-6-7-19-3/h4-5,8-10,17H,6-7H2,1-3H3,(H,16,18)/t9-,10?/m1/s1. The molecular weight excluding hydrogens is 265 g/mol. The molecule has 1 unspecified atom stereocenters. The molecule has 0 aliphatic heterocycles. The third-order valence-corrected chi connectivity index (χ3v) is 2.72. The highest BCUT2D eigenvalue weighted by Gasteiger charge is 2.16. The van der Waals surface area contributed by atoms with Crippen molar-refractivity contribution in [2.75, 3.05) is 20.3 Å². The van der Waals surface area contributed by atoms with Gasteiger partial charge < -0.3 is 19.9 Å². The van der Waals surface area contributed by atoms with E-state index in [1.165, 1.54) is 26.2 Å². The number of hydrogen-bond donors (Lipinski definition) is 2. The van der Waals surface area contributed by atoms with E-state index in [0.717, 1.165) is 0 Å². The summed E-state index contributed by atoms with van der Waals surface area (Å²) in [7, 11) is 1.53. The Hall–Kier alpha value is -1.66. The molecule has 1 aromatic rings. The van der Waals surface area contributed by atoms with Gasteiger partial charge in [0.25, 0.3) is 5.91 Å². The van der Waals surface area contributed by atoms with Crippen molar-refractivity contribution in [2.24, 2.45) is 0 Å². The molecule has 0 saturated heterocycles. The van der Waals surface area contributed by atoms with Crippen LogP contribution in [0, 0.1) is 5.82 Å². The highest BCUT2D eigenvalue weighted by atomic mass is 19.1. The predicted molar refractivity (Wildman–Crippen MR) is 72.0 cm³/mol. The second-order valence-electron chi connectivity index (χ2n) is 4.41. The van der Waals surface area contributed by atoms with Crippen LogP contribution in [0.4, 0.5) is 4.39 Å². The molecule has 0 heterocycles. The molecule has 2 N–H and O–H groups in total. The molecule has 2 atom stereocenters. The summed E-state index contributed by atoms with van der Waals surface area (Å²) in [5.74, 6) is -0.982. The minimum Gasteiger partial charge on any atom is -0.478 e. The minimum atomic E-state index is -0.821. The molecule has 112 valence electrons. The zero-order valence-electron chi connectivity index (χ0n) is 11.9. The molecule has 0 aromatic heterocycles. The number of methoxy groups -OCH3 is 1. The van der Waals surface area contributed by atoms with Gasteiger partial charge in [-0.05, 0) is 31.5 Å². The lowest BCUT2D eigenvalue weighted by Gasteiger charge is -2.16. The highest BCUT2D eigenvalue weighted by molar-refractivity contribution is 5.80. The molecule has 0 fully saturated rings. The summed E-state index contributed by atoms with van der Waals surface area (Å²) in [6, 6.07) is 4.14. The van der Waals surface area contributed by atoms with Crippen LogP contribution >= 0.6 is 0 Å². The Kier molecular flexibility index (Phi) is 6.41. The fourth-order valence-corrected chi connectivity index (χ4v) is 1.54. The van der Waals surface area contributed by atoms with Crippen molar-refractivity contribution in [3.63, 3.8) is 0 Å². The quantitative estimate of drug-likeness (QED) is 0.743. The van der Waals surface area contributed by atoms with E-state index >= 15 is 0 Å². The van der Waals surface area contributed by atoms with Crippen LogP contribution in [0.5, 0.6) is 5.75 Å². The third-order valence-electron chi connectivity index (χ3n) is 2.72. The van der Waals surface area contributed by atoms with Crippen molar-refractivity contribution in [3.8, 4) is 5.75 Å². The van der Waals surface area contributed by atoms with Gasteiger partial charge in [0.2, 0.25) is 0 Å². The Morgan fingerprint density at radius 3 is 2.70 bits per heavy atom. The number of halogens is 1. The van der Waals surface area contributed by atoms with E-state index in [1.807, 2.05) is 0 Å². The van der Waals surface area contributed by atoms with Crippen LogP contribution in [0.3, 0.4) is 0 Å². The zero-order valence-corrected chi connectivity index (χ0v) is 11.9. The van der Waals surface area contributed by atoms with E-state index in [4.69, 9.17) is 9.47 Å². The molecule has 0 aliphatic rings. The Morgan fingerprint density at radius 1 is 1.45 bits per heavy atom. The first kappa shape index (κ1) is 16.4. The normalized spacial score (nSPS) is 13.7. The summed E-state index contributed by atoms with van der Waals surface area (Å²) in [4.78, 5) is 11.7. The van der Waals surface area contributed by atoms with Crippen molar-refractivity contribution in [3.05, 3.63) is 29.6 Å². The van der Waals surface area contributed by atoms with E-state index in [-0.39, 0.29) is 11.7 Å². The van der Waals surface area contributed by atoms with Crippen LogP contribution in [0.15, 0.2) is 18.2 Å². The van der Waals surface area contributed by atoms with Gasteiger partial charge in [0.05, 0.1) is 12.7 Å². The molecular formula is C14H20FNO4. The Labute approximate surface area is 117 Å². The summed E-state index contributed by atoms with van der Waals surface area (Å²) < 4.78 is 23.8. The van der Waals surface area contributed by atoms with Gasteiger partial charge in [0.1, 0.15) is 0 Å². The van der Waals surface area contributed by atoms with Gasteiger partial charge in [-0.25, -0.2) is 4.39 Å². The number of carbonyl (C=O) groups is 1. The summed E-state index contributed by atoms with van der Waals surface area (Å²) in [6.07, 6.45) is -1.58. The van der Waals surface area contributed by atoms with E-state index in [0.29, 0.717) is 18.7 Å². The number of benzene rings is 1. The molecule has 6 heteroatoms. The van der Waals surface area contributed by atoms with Crippen molar-refractivity contribution in [1.82, 2.24) is 5.32 Å². The van der Waals surface area contributed by atoms with Crippen molar-refractivity contribution in [1.29, 1.82) is 0 Å². The van der Waals surface area contributed by atoms with Gasteiger partial charge in [0, 0.05) is 13.7 Å². The van der Waals surface area contributed by atoms with E-state index < -0.39 is 18.0 Å². The summed E-state index contributed by atoms with van der Waals surface area (Å²) >= 11 is 0. The lowest BCUT2D eigenvalue weighted by molar-refractivity contribution is -0.127. The second kappa shape index (κ2) is 7.81. The summed E-state index contributed by atoms with van der Waals surface area (Å²) in [5, 5.41) is 11.9. The molecule has 5 nitrogen and oxygen atoms in total. The van der Waals surface area contributed by atoms with Crippen LogP contribution in [0.1, 0.15) is 25.5 Å². The van der Waals surface area contributed by atoms with Gasteiger partial charge >= 0.3 is 0 Å². The van der Waals surface area contributed by atoms with Crippen LogP contribution in [-0.2, 0) is 9.53 Å². The van der Waals surface area contributed by atoms with Gasteiger partial charge in [-0.15, -0.1) is 0 Å². The Morgan fingerprint density at radius 2 is 2.15 bits per heavy atom. The van der Waals surface area contributed by atoms with E-state index in [9.17, 15) is 14.3 Å². The van der Waals surface area contributed by atoms with Crippen LogP contribution < -0.4 is 10.1 Å². The Bertz CT molecular complexity index is 451. The lowest BCUT2D eigenvalue weighted by atomic mass is 10.1. The molecule has 1 amide bonds. The number of hydrogen-bond acceptors (Lipinski definition) is 4. The highest BCUT2D eigenvalue weighted by Crippen LogP contribution is 2.22. The van der Waals surface area contributed by atoms with E-state index in [1.54, 1.807) is 13.0 Å². The molecule has 0 saturated carbocycles. The number of ether oxygens (including phenoxy) is 2. The molecule has 0 spiro atoms. The SMILES string of the molecule is COCCNC(=O)C(C)Oc1ccc([C@@H](C)O)cc1F. The Balaban J connectivity index is 2.61. The van der Waals surface area contributed by atoms with Crippen LogP contribution in [0.25, 0.3) is 0 Å². The van der Waals surface area contributed by atoms with Crippen molar-refractivity contribution >= 4 is 5.91 Å². The first-order chi connectivity index (χ1) is 9.45. The maximum atomic E-state index is 13.8. The van der Waals surface area contributed by atoms with E-state index in [2.05, 4.69) is 5.32 Å². The van der Waals surface area contributed by atoms with Gasteiger partial charge in [-0.1, -0.05) is 6.07 Å². The van der Waals surface area contributed by atoms with Crippen molar-refractivity contribution in [2.45, 2.75) is 26.1 Å². The smallest absolute Gasteiger partial charge is 0.260 e. The second-order valence-corrected chi connectivity index (χ2v) is 4.41. The van der Waals surface area contributed by atoms with Gasteiger partial charge in [0.15, 0.2) is 17.7 Å². The summed E-state index contributed by atoms with van der Waals surface area (Å²) in [5.41, 5.74) is 0.451. The monoisotopic (exact) mass is 285 g/mol. The fraction of sp³-hybridized carbons (Fsp3) is 0.500. The van der Waals surface area contributed by atoms with Crippen LogP contribution in [0.2, 0.25) is 0 Å². The molecule has 0 bridgehead atoms. The number of rotatable bonds is 7. The number of carbonyl (C=O) groups excluding carboxylic acids is 1. The largest absolute Gasteiger partial charge is 0.478 e. The average Bonchev–Trinajstić information content (AvgIpc) is 2.40. The maximum Gasteiger partial charge on any atom is 0.260 e. The average molecular weight is 285 g/mol. The number of aliphatic hydroxyl groups is 1. The minimum absolute atomic E-state index is 0.0243. The van der Waals surface area contributed by atoms with Gasteiger partial charge in [-0.3, -0.25) is 4.79 Å². The fourth-order valence-electron chi connectivity index (χ4n) is 1.54. The third kappa shape index (κ3) is 4.79. The summed E-state index contributed by atoms with van der Waals surface area (Å²) in [6.45, 7) is 3.84. The topological polar surface area (TPSA) is 67.8 Å². The van der Waals surface area contributed by atoms with Gasteiger partial charge in [-0.2, -0.15) is 0 Å². The molecule has 0 aliphatic carbocycles. The molecule has 0 radical (unpaired) electrons. The first-order valence-corrected chi connectivity index (χ1v) is 6.36. The number of amides is 1. The lowest BCUT2D eigenvalue weighted by Crippen LogP contribution is -2.38. The molecule has 20 heavy (non-hydrogen) atoms. The first-order valence-electron chi connectivity index (χ1n) is 6.36. The van der Waals surface area contributed by atoms with Crippen LogP contribution in [-0.4, -0.2) is 37.4 Å². The zero-order chi connectivity index (χ0) is 15.1. The maximum absolute atomic E-state index is 13.8. The molecule has 1 aromatic carbocycles. The number of aliphatic hydroxyl groups excluding tert-OH is 1. The predicted octanol–water partition coefficient (Wildman–Crippen LogP) is 1.41. The molecule has 1 rings (SSSR count). The number of nitrogens with one attached hydrogen (secondary N) is 1. The van der Waals surface area contributed by atoms with Crippen molar-refractivity contribution < 1.29 is 23.8 Å².